The van der Waals surface area contributed by atoms with E-state index in [2.05, 4.69) is 20.6 Å². The molecule has 2 aromatic rings. The Kier molecular flexibility index (Phi) is 2.78. The fraction of sp³-hybridized carbons (Fsp3) is 0.333. The molecule has 8 heteroatoms. The summed E-state index contributed by atoms with van der Waals surface area (Å²) in [6, 6.07) is 0. The van der Waals surface area contributed by atoms with Crippen LogP contribution >= 0.6 is 0 Å². The third-order valence-corrected chi connectivity index (χ3v) is 3.42. The minimum Gasteiger partial charge on any atom is -0.464 e. The van der Waals surface area contributed by atoms with Gasteiger partial charge in [-0.15, -0.1) is 0 Å². The molecule has 0 aromatic carbocycles. The molecule has 0 spiro atoms. The molecule has 8 nitrogen and oxygen atoms in total. The topological polar surface area (TPSA) is 102 Å². The minimum atomic E-state index is -0.506. The molecule has 3 heterocycles. The first kappa shape index (κ1) is 12.4. The lowest BCUT2D eigenvalue weighted by atomic mass is 9.87. The predicted octanol–water partition coefficient (Wildman–Crippen LogP) is 0.404. The van der Waals surface area contributed by atoms with Crippen LogP contribution in [0.5, 0.6) is 0 Å². The van der Waals surface area contributed by atoms with E-state index in [0.29, 0.717) is 11.4 Å². The van der Waals surface area contributed by atoms with E-state index < -0.39 is 5.97 Å². The highest BCUT2D eigenvalue weighted by Gasteiger charge is 2.33. The summed E-state index contributed by atoms with van der Waals surface area (Å²) in [4.78, 5) is 23.6. The van der Waals surface area contributed by atoms with E-state index in [1.54, 1.807) is 24.1 Å². The summed E-state index contributed by atoms with van der Waals surface area (Å²) in [6.45, 7) is 0. The number of aryl methyl sites for hydroxylation is 1. The van der Waals surface area contributed by atoms with Crippen molar-refractivity contribution in [3.63, 3.8) is 0 Å². The zero-order valence-electron chi connectivity index (χ0n) is 11.0. The number of anilines is 1. The third kappa shape index (κ3) is 1.77. The molecule has 0 saturated carbocycles. The fourth-order valence-electron chi connectivity index (χ4n) is 2.44. The van der Waals surface area contributed by atoms with E-state index >= 15 is 0 Å². The molecule has 1 aliphatic heterocycles. The molecule has 0 bridgehead atoms. The molecule has 1 aliphatic rings. The van der Waals surface area contributed by atoms with E-state index in [0.717, 1.165) is 5.56 Å². The zero-order valence-corrected chi connectivity index (χ0v) is 11.0. The number of hydrogen-bond donors (Lipinski definition) is 2. The molecule has 0 fully saturated rings. The van der Waals surface area contributed by atoms with Crippen LogP contribution in [0.15, 0.2) is 12.4 Å². The summed E-state index contributed by atoms with van der Waals surface area (Å²) in [7, 11) is 3.05. The van der Waals surface area contributed by atoms with Crippen molar-refractivity contribution >= 4 is 17.7 Å². The van der Waals surface area contributed by atoms with Gasteiger partial charge in [0.05, 0.1) is 19.5 Å². The van der Waals surface area contributed by atoms with Crippen molar-refractivity contribution in [3.8, 4) is 0 Å². The van der Waals surface area contributed by atoms with Gasteiger partial charge < -0.3 is 10.1 Å². The van der Waals surface area contributed by atoms with Gasteiger partial charge in [-0.2, -0.15) is 10.2 Å². The maximum atomic E-state index is 11.8. The highest BCUT2D eigenvalue weighted by molar-refractivity contribution is 5.95. The Balaban J connectivity index is 2.09. The van der Waals surface area contributed by atoms with Crippen molar-refractivity contribution in [1.82, 2.24) is 20.0 Å². The molecule has 3 rings (SSSR count). The van der Waals surface area contributed by atoms with Gasteiger partial charge in [-0.25, -0.2) is 4.79 Å². The smallest absolute Gasteiger partial charge is 0.356 e. The number of nitrogens with zero attached hydrogens (tertiary/aromatic N) is 3. The van der Waals surface area contributed by atoms with Crippen LogP contribution in [0.4, 0.5) is 5.82 Å². The van der Waals surface area contributed by atoms with Crippen LogP contribution in [-0.4, -0.2) is 39.0 Å². The molecule has 1 atom stereocenters. The van der Waals surface area contributed by atoms with E-state index in [4.69, 9.17) is 4.74 Å². The number of esters is 1. The molecular formula is C12H13N5O3. The number of hydrogen-bond acceptors (Lipinski definition) is 5. The molecular weight excluding hydrogens is 262 g/mol. The second-order valence-corrected chi connectivity index (χ2v) is 4.57. The van der Waals surface area contributed by atoms with Crippen molar-refractivity contribution in [2.75, 3.05) is 12.4 Å². The van der Waals surface area contributed by atoms with Gasteiger partial charge in [0.25, 0.3) is 0 Å². The van der Waals surface area contributed by atoms with Crippen LogP contribution in [0, 0.1) is 0 Å². The molecule has 2 aromatic heterocycles. The number of rotatable bonds is 2. The summed E-state index contributed by atoms with van der Waals surface area (Å²) >= 11 is 0. The predicted molar refractivity (Wildman–Crippen MR) is 68.2 cm³/mol. The number of carbonyl (C=O) groups is 2. The summed E-state index contributed by atoms with van der Waals surface area (Å²) in [6.07, 6.45) is 3.47. The normalized spacial score (nSPS) is 17.5. The molecule has 1 unspecified atom stereocenters. The van der Waals surface area contributed by atoms with Crippen molar-refractivity contribution in [2.24, 2.45) is 7.05 Å². The van der Waals surface area contributed by atoms with Crippen LogP contribution in [0.1, 0.15) is 34.0 Å². The van der Waals surface area contributed by atoms with E-state index in [1.807, 2.05) is 0 Å². The lowest BCUT2D eigenvalue weighted by molar-refractivity contribution is -0.116. The van der Waals surface area contributed by atoms with Gasteiger partial charge in [0.15, 0.2) is 0 Å². The van der Waals surface area contributed by atoms with Gasteiger partial charge in [-0.05, 0) is 0 Å². The number of fused-ring (bicyclic) bond motifs is 1. The SMILES string of the molecule is COC(=O)c1[nH]ncc1C1CC(=O)Nc2c1cnn2C. The molecule has 1 amide bonds. The monoisotopic (exact) mass is 275 g/mol. The maximum absolute atomic E-state index is 11.8. The van der Waals surface area contributed by atoms with Gasteiger partial charge in [0.1, 0.15) is 11.5 Å². The van der Waals surface area contributed by atoms with E-state index in [-0.39, 0.29) is 23.9 Å². The number of methoxy groups -OCH3 is 1. The van der Waals surface area contributed by atoms with Crippen molar-refractivity contribution in [1.29, 1.82) is 0 Å². The number of aromatic nitrogens is 4. The number of amides is 1. The molecule has 20 heavy (non-hydrogen) atoms. The first-order valence-electron chi connectivity index (χ1n) is 6.05. The molecule has 0 radical (unpaired) electrons. The molecule has 104 valence electrons. The number of carbonyl (C=O) groups excluding carboxylic acids is 2. The molecule has 0 saturated heterocycles. The minimum absolute atomic E-state index is 0.122. The zero-order chi connectivity index (χ0) is 14.3. The number of H-pyrrole nitrogens is 1. The highest BCUT2D eigenvalue weighted by atomic mass is 16.5. The van der Waals surface area contributed by atoms with E-state index in [1.165, 1.54) is 7.11 Å². The Morgan fingerprint density at radius 3 is 3.00 bits per heavy atom. The maximum Gasteiger partial charge on any atom is 0.356 e. The van der Waals surface area contributed by atoms with Crippen molar-refractivity contribution in [3.05, 3.63) is 29.2 Å². The second-order valence-electron chi connectivity index (χ2n) is 4.57. The first-order chi connectivity index (χ1) is 9.61. The summed E-state index contributed by atoms with van der Waals surface area (Å²) < 4.78 is 6.31. The van der Waals surface area contributed by atoms with Crippen LogP contribution in [0.3, 0.4) is 0 Å². The Bertz CT molecular complexity index is 687. The van der Waals surface area contributed by atoms with Crippen molar-refractivity contribution < 1.29 is 14.3 Å². The first-order valence-corrected chi connectivity index (χ1v) is 6.05. The Labute approximate surface area is 114 Å². The van der Waals surface area contributed by atoms with Crippen molar-refractivity contribution in [2.45, 2.75) is 12.3 Å². The van der Waals surface area contributed by atoms with Crippen LogP contribution in [0.2, 0.25) is 0 Å². The Morgan fingerprint density at radius 2 is 2.25 bits per heavy atom. The standard InChI is InChI=1S/C12H13N5O3/c1-17-11-8(5-14-17)6(3-9(18)15-11)7-4-13-16-10(7)12(19)20-2/h4-6H,3H2,1-2H3,(H,13,16)(H,15,18). The van der Waals surface area contributed by atoms with E-state index in [9.17, 15) is 9.59 Å². The fourth-order valence-corrected chi connectivity index (χ4v) is 2.44. The van der Waals surface area contributed by atoms with Crippen LogP contribution in [-0.2, 0) is 16.6 Å². The average Bonchev–Trinajstić information content (AvgIpc) is 3.05. The molecule has 0 aliphatic carbocycles. The summed E-state index contributed by atoms with van der Waals surface area (Å²) in [5, 5.41) is 13.4. The Hall–Kier alpha value is -2.64. The van der Waals surface area contributed by atoms with Gasteiger partial charge in [0, 0.05) is 30.5 Å². The van der Waals surface area contributed by atoms with Gasteiger partial charge in [-0.3, -0.25) is 14.6 Å². The number of nitrogens with one attached hydrogen (secondary N) is 2. The van der Waals surface area contributed by atoms with Gasteiger partial charge in [-0.1, -0.05) is 0 Å². The Morgan fingerprint density at radius 1 is 1.45 bits per heavy atom. The lowest BCUT2D eigenvalue weighted by Crippen LogP contribution is -2.25. The highest BCUT2D eigenvalue weighted by Crippen LogP contribution is 2.37. The molecule has 2 N–H and O–H groups in total. The summed E-state index contributed by atoms with van der Waals surface area (Å²) in [5.41, 5.74) is 1.77. The van der Waals surface area contributed by atoms with Gasteiger partial charge in [0.2, 0.25) is 5.91 Å². The number of aromatic amines is 1. The largest absolute Gasteiger partial charge is 0.464 e. The quantitative estimate of drug-likeness (QED) is 0.772. The average molecular weight is 275 g/mol. The summed E-state index contributed by atoms with van der Waals surface area (Å²) in [5.74, 6) is -0.249. The second kappa shape index (κ2) is 4.48. The third-order valence-electron chi connectivity index (χ3n) is 3.42. The lowest BCUT2D eigenvalue weighted by Gasteiger charge is -2.22. The van der Waals surface area contributed by atoms with Crippen LogP contribution < -0.4 is 5.32 Å². The van der Waals surface area contributed by atoms with Gasteiger partial charge >= 0.3 is 5.97 Å². The number of ether oxygens (including phenoxy) is 1. The van der Waals surface area contributed by atoms with Crippen LogP contribution in [0.25, 0.3) is 0 Å².